The van der Waals surface area contributed by atoms with Crippen LogP contribution in [0.25, 0.3) is 0 Å². The highest BCUT2D eigenvalue weighted by Gasteiger charge is 1.82. The standard InChI is InChI=1S/C10H14O2/c11-9-7-5-3-1-2-4-6-8-10-12/h1,3,5,7,9-10H,2,4,6,8H2. The summed E-state index contributed by atoms with van der Waals surface area (Å²) in [4.78, 5) is 19.7. The summed E-state index contributed by atoms with van der Waals surface area (Å²) in [5, 5.41) is 0. The Labute approximate surface area is 73.0 Å². The first kappa shape index (κ1) is 10.8. The van der Waals surface area contributed by atoms with Crippen molar-refractivity contribution >= 4 is 12.6 Å². The van der Waals surface area contributed by atoms with Crippen molar-refractivity contribution < 1.29 is 9.59 Å². The number of aldehydes is 2. The summed E-state index contributed by atoms with van der Waals surface area (Å²) in [6.07, 6.45) is 12.3. The number of unbranched alkanes of at least 4 members (excludes halogenated alkanes) is 3. The molecule has 0 aliphatic rings. The fourth-order valence-electron chi connectivity index (χ4n) is 0.774. The van der Waals surface area contributed by atoms with Gasteiger partial charge in [0.15, 0.2) is 0 Å². The molecule has 2 heteroatoms. The molecule has 0 aromatic rings. The van der Waals surface area contributed by atoms with Crippen LogP contribution in [0.2, 0.25) is 0 Å². The average Bonchev–Trinajstić information content (AvgIpc) is 2.10. The second-order valence-corrected chi connectivity index (χ2v) is 2.40. The maximum absolute atomic E-state index is 9.91. The lowest BCUT2D eigenvalue weighted by Gasteiger charge is -1.88. The van der Waals surface area contributed by atoms with Gasteiger partial charge in [-0.05, 0) is 25.3 Å². The molecule has 0 spiro atoms. The third-order valence-electron chi connectivity index (χ3n) is 1.38. The molecule has 0 atom stereocenters. The summed E-state index contributed by atoms with van der Waals surface area (Å²) in [5.41, 5.74) is 0. The third kappa shape index (κ3) is 8.82. The van der Waals surface area contributed by atoms with E-state index in [9.17, 15) is 9.59 Å². The zero-order valence-corrected chi connectivity index (χ0v) is 7.11. The zero-order chi connectivity index (χ0) is 9.07. The van der Waals surface area contributed by atoms with Crippen LogP contribution in [0.1, 0.15) is 25.7 Å². The fraction of sp³-hybridized carbons (Fsp3) is 0.400. The van der Waals surface area contributed by atoms with Gasteiger partial charge in [-0.2, -0.15) is 0 Å². The van der Waals surface area contributed by atoms with Crippen LogP contribution in [0, 0.1) is 0 Å². The van der Waals surface area contributed by atoms with Crippen molar-refractivity contribution in [1.29, 1.82) is 0 Å². The van der Waals surface area contributed by atoms with Crippen molar-refractivity contribution in [3.63, 3.8) is 0 Å². The summed E-state index contributed by atoms with van der Waals surface area (Å²) in [5.74, 6) is 0. The quantitative estimate of drug-likeness (QED) is 0.251. The summed E-state index contributed by atoms with van der Waals surface area (Å²) < 4.78 is 0. The second kappa shape index (κ2) is 9.82. The number of carbonyl (C=O) groups excluding carboxylic acids is 2. The van der Waals surface area contributed by atoms with Gasteiger partial charge in [-0.3, -0.25) is 4.79 Å². The van der Waals surface area contributed by atoms with Crippen LogP contribution in [0.3, 0.4) is 0 Å². The molecule has 66 valence electrons. The third-order valence-corrected chi connectivity index (χ3v) is 1.38. The minimum atomic E-state index is 0.651. The van der Waals surface area contributed by atoms with Gasteiger partial charge in [-0.25, -0.2) is 0 Å². The first-order valence-corrected chi connectivity index (χ1v) is 4.12. The van der Waals surface area contributed by atoms with Crippen molar-refractivity contribution in [3.8, 4) is 0 Å². The molecule has 0 aliphatic heterocycles. The Morgan fingerprint density at radius 1 is 0.833 bits per heavy atom. The zero-order valence-electron chi connectivity index (χ0n) is 7.11. The Kier molecular flexibility index (Phi) is 8.85. The number of hydrogen-bond donors (Lipinski definition) is 0. The van der Waals surface area contributed by atoms with Gasteiger partial charge in [0.1, 0.15) is 12.6 Å². The summed E-state index contributed by atoms with van der Waals surface area (Å²) in [6, 6.07) is 0. The normalized spacial score (nSPS) is 11.0. The Morgan fingerprint density at radius 2 is 1.58 bits per heavy atom. The minimum Gasteiger partial charge on any atom is -0.303 e. The molecule has 0 saturated carbocycles. The Balaban J connectivity index is 3.18. The Bertz CT molecular complexity index is 169. The molecule has 0 bridgehead atoms. The van der Waals surface area contributed by atoms with Crippen LogP contribution >= 0.6 is 0 Å². The molecule has 0 amide bonds. The molecule has 0 aliphatic carbocycles. The van der Waals surface area contributed by atoms with Gasteiger partial charge in [0.05, 0.1) is 0 Å². The van der Waals surface area contributed by atoms with Gasteiger partial charge in [-0.15, -0.1) is 0 Å². The van der Waals surface area contributed by atoms with E-state index in [-0.39, 0.29) is 0 Å². The maximum atomic E-state index is 9.91. The van der Waals surface area contributed by atoms with E-state index in [0.717, 1.165) is 31.8 Å². The van der Waals surface area contributed by atoms with E-state index in [2.05, 4.69) is 0 Å². The molecule has 0 radical (unpaired) electrons. The van der Waals surface area contributed by atoms with Gasteiger partial charge in [0.25, 0.3) is 0 Å². The van der Waals surface area contributed by atoms with Crippen LogP contribution in [-0.4, -0.2) is 12.6 Å². The highest BCUT2D eigenvalue weighted by atomic mass is 16.1. The van der Waals surface area contributed by atoms with Crippen LogP contribution in [0.5, 0.6) is 0 Å². The number of carbonyl (C=O) groups is 2. The smallest absolute Gasteiger partial charge is 0.142 e. The van der Waals surface area contributed by atoms with Gasteiger partial charge in [0.2, 0.25) is 0 Å². The molecule has 0 aromatic carbocycles. The molecule has 0 aromatic heterocycles. The van der Waals surface area contributed by atoms with Crippen LogP contribution < -0.4 is 0 Å². The van der Waals surface area contributed by atoms with Crippen LogP contribution in [-0.2, 0) is 9.59 Å². The molecule has 0 fully saturated rings. The minimum absolute atomic E-state index is 0.651. The average molecular weight is 166 g/mol. The van der Waals surface area contributed by atoms with Gasteiger partial charge < -0.3 is 4.79 Å². The van der Waals surface area contributed by atoms with Crippen molar-refractivity contribution in [2.45, 2.75) is 25.7 Å². The lowest BCUT2D eigenvalue weighted by atomic mass is 10.2. The molecule has 0 saturated heterocycles. The molecule has 12 heavy (non-hydrogen) atoms. The molecule has 0 rings (SSSR count). The van der Waals surface area contributed by atoms with E-state index in [4.69, 9.17) is 0 Å². The topological polar surface area (TPSA) is 34.1 Å². The lowest BCUT2D eigenvalue weighted by Crippen LogP contribution is -1.75. The van der Waals surface area contributed by atoms with Gasteiger partial charge >= 0.3 is 0 Å². The number of allylic oxidation sites excluding steroid dienone is 4. The monoisotopic (exact) mass is 166 g/mol. The van der Waals surface area contributed by atoms with E-state index < -0.39 is 0 Å². The first-order valence-electron chi connectivity index (χ1n) is 4.12. The highest BCUT2D eigenvalue weighted by Crippen LogP contribution is 1.98. The van der Waals surface area contributed by atoms with Crippen molar-refractivity contribution in [2.75, 3.05) is 0 Å². The van der Waals surface area contributed by atoms with E-state index >= 15 is 0 Å². The van der Waals surface area contributed by atoms with Gasteiger partial charge in [-0.1, -0.05) is 18.2 Å². The molecule has 0 heterocycles. The largest absolute Gasteiger partial charge is 0.303 e. The second-order valence-electron chi connectivity index (χ2n) is 2.40. The van der Waals surface area contributed by atoms with E-state index in [1.807, 2.05) is 12.2 Å². The SMILES string of the molecule is O=CC=CC=CCCCCC=O. The summed E-state index contributed by atoms with van der Waals surface area (Å²) in [7, 11) is 0. The van der Waals surface area contributed by atoms with Crippen molar-refractivity contribution in [1.82, 2.24) is 0 Å². The Morgan fingerprint density at radius 3 is 2.25 bits per heavy atom. The number of rotatable bonds is 7. The van der Waals surface area contributed by atoms with Gasteiger partial charge in [0, 0.05) is 6.42 Å². The van der Waals surface area contributed by atoms with E-state index in [1.54, 1.807) is 6.08 Å². The van der Waals surface area contributed by atoms with Crippen molar-refractivity contribution in [2.24, 2.45) is 0 Å². The highest BCUT2D eigenvalue weighted by molar-refractivity contribution is 5.65. The predicted octanol–water partition coefficient (Wildman–Crippen LogP) is 2.06. The lowest BCUT2D eigenvalue weighted by molar-refractivity contribution is -0.108. The Hall–Kier alpha value is -1.18. The van der Waals surface area contributed by atoms with Crippen LogP contribution in [0.15, 0.2) is 24.3 Å². The number of hydrogen-bond acceptors (Lipinski definition) is 2. The van der Waals surface area contributed by atoms with E-state index in [1.165, 1.54) is 6.08 Å². The molecular weight excluding hydrogens is 152 g/mol. The van der Waals surface area contributed by atoms with E-state index in [0.29, 0.717) is 6.42 Å². The van der Waals surface area contributed by atoms with Crippen LogP contribution in [0.4, 0.5) is 0 Å². The molecule has 0 N–H and O–H groups in total. The molecule has 2 nitrogen and oxygen atoms in total. The summed E-state index contributed by atoms with van der Waals surface area (Å²) >= 11 is 0. The molecular formula is C10H14O2. The predicted molar refractivity (Wildman–Crippen MR) is 48.9 cm³/mol. The first-order chi connectivity index (χ1) is 5.91. The van der Waals surface area contributed by atoms with Crippen molar-refractivity contribution in [3.05, 3.63) is 24.3 Å². The molecule has 0 unspecified atom stereocenters. The maximum Gasteiger partial charge on any atom is 0.142 e. The summed E-state index contributed by atoms with van der Waals surface area (Å²) in [6.45, 7) is 0. The fourth-order valence-corrected chi connectivity index (χ4v) is 0.774.